The van der Waals surface area contributed by atoms with Gasteiger partial charge in [-0.1, -0.05) is 54.7 Å². The first-order valence-corrected chi connectivity index (χ1v) is 10.3. The molecule has 0 aliphatic carbocycles. The van der Waals surface area contributed by atoms with E-state index in [0.717, 1.165) is 35.6 Å². The average Bonchev–Trinajstić information content (AvgIpc) is 3.02. The molecule has 144 valence electrons. The second kappa shape index (κ2) is 8.85. The molecule has 2 N–H and O–H groups in total. The van der Waals surface area contributed by atoms with Crippen molar-refractivity contribution in [2.24, 2.45) is 0 Å². The van der Waals surface area contributed by atoms with Crippen LogP contribution in [0.15, 0.2) is 36.4 Å². The van der Waals surface area contributed by atoms with Gasteiger partial charge in [0.25, 0.3) is 0 Å². The molecule has 3 nitrogen and oxygen atoms in total. The van der Waals surface area contributed by atoms with Crippen LogP contribution in [-0.4, -0.2) is 28.1 Å². The van der Waals surface area contributed by atoms with Crippen LogP contribution >= 0.6 is 34.8 Å². The molecule has 3 aromatic rings. The molecule has 1 atom stereocenters. The molecule has 0 spiro atoms. The van der Waals surface area contributed by atoms with Crippen molar-refractivity contribution < 1.29 is 5.11 Å². The number of aliphatic hydroxyl groups is 1. The lowest BCUT2D eigenvalue weighted by atomic mass is 10.0. The molecular weight excluding hydrogens is 403 g/mol. The summed E-state index contributed by atoms with van der Waals surface area (Å²) in [4.78, 5) is 5.72. The van der Waals surface area contributed by atoms with E-state index in [9.17, 15) is 5.11 Å². The van der Waals surface area contributed by atoms with Gasteiger partial charge in [0.1, 0.15) is 0 Å². The maximum absolute atomic E-state index is 10.5. The molecule has 0 fully saturated rings. The Hall–Kier alpha value is -1.23. The van der Waals surface area contributed by atoms with Gasteiger partial charge in [0.05, 0.1) is 16.1 Å². The fourth-order valence-electron chi connectivity index (χ4n) is 3.49. The minimum Gasteiger partial charge on any atom is -0.387 e. The predicted octanol–water partition coefficient (Wildman–Crippen LogP) is 6.25. The lowest BCUT2D eigenvalue weighted by Gasteiger charge is -2.29. The Bertz CT molecular complexity index is 939. The van der Waals surface area contributed by atoms with Gasteiger partial charge in [-0.15, -0.1) is 0 Å². The van der Waals surface area contributed by atoms with Crippen LogP contribution < -0.4 is 0 Å². The lowest BCUT2D eigenvalue weighted by Crippen LogP contribution is -2.33. The van der Waals surface area contributed by atoms with Crippen LogP contribution in [-0.2, 0) is 13.0 Å². The van der Waals surface area contributed by atoms with Crippen LogP contribution in [0.25, 0.3) is 10.9 Å². The summed E-state index contributed by atoms with van der Waals surface area (Å²) >= 11 is 18.1. The van der Waals surface area contributed by atoms with E-state index in [0.29, 0.717) is 16.6 Å². The van der Waals surface area contributed by atoms with Crippen molar-refractivity contribution in [3.8, 4) is 0 Å². The number of nitrogens with one attached hydrogen (secondary N) is 1. The fourth-order valence-corrected chi connectivity index (χ4v) is 3.97. The molecule has 4 rings (SSSR count). The number of benzene rings is 2. The molecule has 0 saturated heterocycles. The number of aromatic nitrogens is 1. The molecule has 0 bridgehead atoms. The second-order valence-corrected chi connectivity index (χ2v) is 7.70. The summed E-state index contributed by atoms with van der Waals surface area (Å²) in [5.74, 6) is 0. The average molecular weight is 426 g/mol. The molecular formula is C21H23Cl3N2O. The van der Waals surface area contributed by atoms with Crippen molar-refractivity contribution in [2.45, 2.75) is 32.9 Å². The highest BCUT2D eigenvalue weighted by atomic mass is 35.5. The number of nitrogens with zero attached hydrogens (tertiary/aromatic N) is 1. The minimum atomic E-state index is -0.602. The van der Waals surface area contributed by atoms with E-state index in [-0.39, 0.29) is 0 Å². The first-order chi connectivity index (χ1) is 13.0. The molecule has 6 heteroatoms. The smallest absolute Gasteiger partial charge is 0.0917 e. The maximum Gasteiger partial charge on any atom is 0.0917 e. The number of halogens is 3. The van der Waals surface area contributed by atoms with Crippen LogP contribution in [0, 0.1) is 0 Å². The summed E-state index contributed by atoms with van der Waals surface area (Å²) in [6.07, 6.45) is 0.333. The topological polar surface area (TPSA) is 39.3 Å². The maximum atomic E-state index is 10.5. The monoisotopic (exact) mass is 424 g/mol. The van der Waals surface area contributed by atoms with E-state index in [1.165, 1.54) is 16.6 Å². The number of β-amino-alcohol motifs (C(OH)–C–C–N with tert-alkyl or cyclic N) is 1. The Morgan fingerprint density at radius 2 is 1.85 bits per heavy atom. The van der Waals surface area contributed by atoms with Gasteiger partial charge in [-0.25, -0.2) is 0 Å². The van der Waals surface area contributed by atoms with Crippen LogP contribution in [0.5, 0.6) is 0 Å². The molecule has 2 aromatic carbocycles. The predicted molar refractivity (Wildman–Crippen MR) is 115 cm³/mol. The first-order valence-electron chi connectivity index (χ1n) is 9.15. The third-order valence-electron chi connectivity index (χ3n) is 4.78. The zero-order valence-electron chi connectivity index (χ0n) is 15.4. The van der Waals surface area contributed by atoms with E-state index in [1.54, 1.807) is 12.1 Å². The summed E-state index contributed by atoms with van der Waals surface area (Å²) in [5, 5.41) is 13.5. The molecule has 1 aliphatic heterocycles. The van der Waals surface area contributed by atoms with Crippen LogP contribution in [0.2, 0.25) is 15.1 Å². The van der Waals surface area contributed by atoms with Gasteiger partial charge >= 0.3 is 0 Å². The number of hydrogen-bond acceptors (Lipinski definition) is 2. The van der Waals surface area contributed by atoms with Gasteiger partial charge < -0.3 is 10.1 Å². The van der Waals surface area contributed by atoms with E-state index in [4.69, 9.17) is 34.8 Å². The van der Waals surface area contributed by atoms with Crippen LogP contribution in [0.3, 0.4) is 0 Å². The Labute approximate surface area is 174 Å². The number of aromatic amines is 1. The summed E-state index contributed by atoms with van der Waals surface area (Å²) < 4.78 is 0. The summed E-state index contributed by atoms with van der Waals surface area (Å²) in [6.45, 7) is 6.22. The van der Waals surface area contributed by atoms with Gasteiger partial charge in [-0.05, 0) is 47.9 Å². The molecule has 0 amide bonds. The highest BCUT2D eigenvalue weighted by Crippen LogP contribution is 2.31. The van der Waals surface area contributed by atoms with Gasteiger partial charge in [-0.3, -0.25) is 4.90 Å². The second-order valence-electron chi connectivity index (χ2n) is 6.45. The van der Waals surface area contributed by atoms with Crippen LogP contribution in [0.4, 0.5) is 0 Å². The summed E-state index contributed by atoms with van der Waals surface area (Å²) in [5.41, 5.74) is 4.42. The van der Waals surface area contributed by atoms with Gasteiger partial charge in [0.2, 0.25) is 0 Å². The van der Waals surface area contributed by atoms with Crippen molar-refractivity contribution in [1.29, 1.82) is 0 Å². The lowest BCUT2D eigenvalue weighted by molar-refractivity contribution is 0.105. The largest absolute Gasteiger partial charge is 0.387 e. The molecule has 27 heavy (non-hydrogen) atoms. The highest BCUT2D eigenvalue weighted by molar-refractivity contribution is 6.42. The molecule has 0 radical (unpaired) electrons. The van der Waals surface area contributed by atoms with Crippen molar-refractivity contribution in [1.82, 2.24) is 9.88 Å². The standard InChI is InChI=1S/C19H17Cl3N2O.C2H6/c20-12-2-4-17-14(8-12)13-5-6-24(9-18(13)23-17)10-19(25)11-1-3-15(21)16(22)7-11;1-2/h1-4,7-8,19,23,25H,5-6,9-10H2;1-2H3. The number of aliphatic hydroxyl groups excluding tert-OH is 1. The van der Waals surface area contributed by atoms with Crippen LogP contribution in [0.1, 0.15) is 36.8 Å². The number of rotatable bonds is 3. The van der Waals surface area contributed by atoms with E-state index in [1.807, 2.05) is 38.1 Å². The summed E-state index contributed by atoms with van der Waals surface area (Å²) in [7, 11) is 0. The zero-order valence-corrected chi connectivity index (χ0v) is 17.7. The summed E-state index contributed by atoms with van der Waals surface area (Å²) in [6, 6.07) is 11.2. The fraction of sp³-hybridized carbons (Fsp3) is 0.333. The first kappa shape index (κ1) is 20.5. The van der Waals surface area contributed by atoms with Crippen molar-refractivity contribution in [3.63, 3.8) is 0 Å². The number of fused-ring (bicyclic) bond motifs is 3. The van der Waals surface area contributed by atoms with Crippen molar-refractivity contribution in [2.75, 3.05) is 13.1 Å². The Morgan fingerprint density at radius 1 is 1.07 bits per heavy atom. The Kier molecular flexibility index (Phi) is 6.72. The Balaban J connectivity index is 0.00000102. The molecule has 2 heterocycles. The zero-order chi connectivity index (χ0) is 19.6. The Morgan fingerprint density at radius 3 is 2.59 bits per heavy atom. The number of H-pyrrole nitrogens is 1. The molecule has 1 aromatic heterocycles. The molecule has 1 aliphatic rings. The third-order valence-corrected chi connectivity index (χ3v) is 5.75. The molecule has 0 saturated carbocycles. The normalized spacial score (nSPS) is 15.2. The van der Waals surface area contributed by atoms with E-state index in [2.05, 4.69) is 9.88 Å². The SMILES string of the molecule is CC.OC(CN1CCc2c([nH]c3ccc(Cl)cc23)C1)c1ccc(Cl)c(Cl)c1. The van der Waals surface area contributed by atoms with E-state index >= 15 is 0 Å². The van der Waals surface area contributed by atoms with Gasteiger partial charge in [0.15, 0.2) is 0 Å². The van der Waals surface area contributed by atoms with Crippen molar-refractivity contribution in [3.05, 3.63) is 68.3 Å². The quantitative estimate of drug-likeness (QED) is 0.521. The van der Waals surface area contributed by atoms with E-state index < -0.39 is 6.10 Å². The van der Waals surface area contributed by atoms with Gasteiger partial charge in [-0.2, -0.15) is 0 Å². The third kappa shape index (κ3) is 4.44. The van der Waals surface area contributed by atoms with Crippen molar-refractivity contribution >= 4 is 45.7 Å². The van der Waals surface area contributed by atoms with Gasteiger partial charge in [0, 0.05) is 41.3 Å². The number of hydrogen-bond donors (Lipinski definition) is 2. The highest BCUT2D eigenvalue weighted by Gasteiger charge is 2.23. The minimum absolute atomic E-state index is 0.464. The molecule has 1 unspecified atom stereocenters.